The Morgan fingerprint density at radius 1 is 1.24 bits per heavy atom. The van der Waals surface area contributed by atoms with Gasteiger partial charge in [-0.1, -0.05) is 12.1 Å². The molecule has 0 fully saturated rings. The van der Waals surface area contributed by atoms with Crippen LogP contribution in [-0.4, -0.2) is 33.6 Å². The summed E-state index contributed by atoms with van der Waals surface area (Å²) < 4.78 is 20.1. The number of H-pyrrole nitrogens is 1. The summed E-state index contributed by atoms with van der Waals surface area (Å²) in [6, 6.07) is 10.9. The van der Waals surface area contributed by atoms with Crippen LogP contribution in [0.25, 0.3) is 0 Å². The Morgan fingerprint density at radius 3 is 2.76 bits per heavy atom. The predicted octanol–water partition coefficient (Wildman–Crippen LogP) is 3.01. The van der Waals surface area contributed by atoms with Crippen molar-refractivity contribution in [1.29, 1.82) is 0 Å². The molecule has 0 bridgehead atoms. The molecule has 1 aliphatic heterocycles. The molecule has 0 radical (unpaired) electrons. The van der Waals surface area contributed by atoms with E-state index in [1.54, 1.807) is 37.4 Å². The van der Waals surface area contributed by atoms with Crippen molar-refractivity contribution in [3.05, 3.63) is 82.7 Å². The highest BCUT2D eigenvalue weighted by Crippen LogP contribution is 2.41. The van der Waals surface area contributed by atoms with Crippen LogP contribution in [0.4, 0.5) is 4.39 Å². The summed E-state index contributed by atoms with van der Waals surface area (Å²) in [6.45, 7) is 1.95. The monoisotopic (exact) mass is 395 g/mol. The van der Waals surface area contributed by atoms with Crippen LogP contribution >= 0.6 is 0 Å². The van der Waals surface area contributed by atoms with Gasteiger partial charge in [-0.05, 0) is 48.4 Å². The number of rotatable bonds is 4. The molecule has 0 saturated carbocycles. The zero-order valence-corrected chi connectivity index (χ0v) is 15.5. The van der Waals surface area contributed by atoms with Gasteiger partial charge in [-0.15, -0.1) is 0 Å². The van der Waals surface area contributed by atoms with E-state index in [4.69, 9.17) is 9.84 Å². The van der Waals surface area contributed by atoms with Gasteiger partial charge < -0.3 is 20.1 Å². The van der Waals surface area contributed by atoms with E-state index in [-0.39, 0.29) is 11.4 Å². The fourth-order valence-corrected chi connectivity index (χ4v) is 3.51. The lowest BCUT2D eigenvalue weighted by Crippen LogP contribution is -2.50. The number of hydrogen-bond acceptors (Lipinski definition) is 4. The Morgan fingerprint density at radius 2 is 2.03 bits per heavy atom. The number of halogens is 1. The molecule has 1 atom stereocenters. The van der Waals surface area contributed by atoms with Crippen molar-refractivity contribution in [3.8, 4) is 5.75 Å². The second kappa shape index (κ2) is 7.05. The van der Waals surface area contributed by atoms with Crippen molar-refractivity contribution in [1.82, 2.24) is 15.3 Å². The molecule has 4 rings (SSSR count). The Bertz CT molecular complexity index is 1110. The number of nitrogens with one attached hydrogen (secondary N) is 2. The molecule has 0 aliphatic carbocycles. The minimum absolute atomic E-state index is 0.0818. The van der Waals surface area contributed by atoms with Crippen molar-refractivity contribution in [2.45, 2.75) is 18.9 Å². The molecule has 8 heteroatoms. The summed E-state index contributed by atoms with van der Waals surface area (Å²) in [6.07, 6.45) is 1.91. The van der Waals surface area contributed by atoms with E-state index in [1.807, 2.05) is 0 Å². The number of carbonyl (C=O) groups is 2. The third-order valence-electron chi connectivity index (χ3n) is 5.06. The van der Waals surface area contributed by atoms with Gasteiger partial charge in [0, 0.05) is 12.6 Å². The number of aryl methyl sites for hydroxylation is 1. The first-order valence-corrected chi connectivity index (χ1v) is 9.00. The van der Waals surface area contributed by atoms with Gasteiger partial charge >= 0.3 is 5.97 Å². The van der Waals surface area contributed by atoms with Crippen molar-refractivity contribution < 1.29 is 23.8 Å². The lowest BCUT2D eigenvalue weighted by atomic mass is 9.81. The molecule has 3 N–H and O–H groups in total. The number of carboxylic acid groups (broad SMARTS) is 1. The van der Waals surface area contributed by atoms with Crippen LogP contribution in [0.5, 0.6) is 5.75 Å². The maximum Gasteiger partial charge on any atom is 0.352 e. The minimum Gasteiger partial charge on any atom is -0.491 e. The van der Waals surface area contributed by atoms with Crippen molar-refractivity contribution >= 4 is 11.9 Å². The highest BCUT2D eigenvalue weighted by molar-refractivity contribution is 5.96. The zero-order chi connectivity index (χ0) is 20.6. The highest BCUT2D eigenvalue weighted by Gasteiger charge is 2.43. The maximum absolute atomic E-state index is 14.4. The highest BCUT2D eigenvalue weighted by atomic mass is 19.1. The predicted molar refractivity (Wildman–Crippen MR) is 101 cm³/mol. The first kappa shape index (κ1) is 18.7. The molecule has 0 saturated heterocycles. The Hall–Kier alpha value is -3.68. The number of benzene rings is 1. The van der Waals surface area contributed by atoms with Crippen LogP contribution in [-0.2, 0) is 5.54 Å². The van der Waals surface area contributed by atoms with E-state index in [1.165, 1.54) is 18.2 Å². The number of aromatic carboxylic acids is 1. The summed E-state index contributed by atoms with van der Waals surface area (Å²) in [5, 5.41) is 12.0. The molecule has 148 valence electrons. The molecular formula is C21H18FN3O4. The number of carbonyl (C=O) groups excluding carboxylic acids is 1. The minimum atomic E-state index is -1.17. The number of pyridine rings is 1. The van der Waals surface area contributed by atoms with E-state index >= 15 is 0 Å². The molecular weight excluding hydrogens is 377 g/mol. The van der Waals surface area contributed by atoms with Gasteiger partial charge in [0.1, 0.15) is 34.2 Å². The van der Waals surface area contributed by atoms with Crippen molar-refractivity contribution in [3.63, 3.8) is 0 Å². The van der Waals surface area contributed by atoms with E-state index in [0.717, 1.165) is 0 Å². The van der Waals surface area contributed by atoms with Crippen molar-refractivity contribution in [2.24, 2.45) is 0 Å². The van der Waals surface area contributed by atoms with Crippen LogP contribution < -0.4 is 10.1 Å². The lowest BCUT2D eigenvalue weighted by Gasteiger charge is -2.39. The van der Waals surface area contributed by atoms with Crippen LogP contribution in [0, 0.1) is 12.7 Å². The van der Waals surface area contributed by atoms with Gasteiger partial charge in [0.2, 0.25) is 0 Å². The molecule has 1 aromatic carbocycles. The summed E-state index contributed by atoms with van der Waals surface area (Å²) >= 11 is 0. The van der Waals surface area contributed by atoms with Crippen molar-refractivity contribution in [2.75, 3.05) is 6.61 Å². The molecule has 2 aromatic heterocycles. The molecule has 3 heterocycles. The first-order chi connectivity index (χ1) is 13.9. The second-order valence-electron chi connectivity index (χ2n) is 6.86. The fraction of sp³-hybridized carbons (Fsp3) is 0.190. The van der Waals surface area contributed by atoms with Gasteiger partial charge in [0.15, 0.2) is 0 Å². The fourth-order valence-electron chi connectivity index (χ4n) is 3.51. The molecule has 7 nitrogen and oxygen atoms in total. The Balaban J connectivity index is 1.82. The molecule has 1 amide bonds. The van der Waals surface area contributed by atoms with Crippen LogP contribution in [0.3, 0.4) is 0 Å². The van der Waals surface area contributed by atoms with Gasteiger partial charge in [-0.2, -0.15) is 0 Å². The van der Waals surface area contributed by atoms with Crippen LogP contribution in [0.15, 0.2) is 48.7 Å². The number of nitrogens with zero attached hydrogens (tertiary/aromatic N) is 1. The Labute approximate surface area is 165 Å². The van der Waals surface area contributed by atoms with Gasteiger partial charge in [0.05, 0.1) is 6.61 Å². The molecule has 0 unspecified atom stereocenters. The number of amides is 1. The smallest absolute Gasteiger partial charge is 0.352 e. The lowest BCUT2D eigenvalue weighted by molar-refractivity contribution is 0.0691. The van der Waals surface area contributed by atoms with Crippen LogP contribution in [0.1, 0.15) is 44.2 Å². The van der Waals surface area contributed by atoms with E-state index in [0.29, 0.717) is 35.6 Å². The average molecular weight is 395 g/mol. The number of aromatic amines is 1. The van der Waals surface area contributed by atoms with Gasteiger partial charge in [0.25, 0.3) is 5.91 Å². The number of carboxylic acids is 1. The third kappa shape index (κ3) is 3.22. The quantitative estimate of drug-likeness (QED) is 0.630. The SMILES string of the molecule is Cc1ccc([C@@]2(NC(=O)c3ccc(C(=O)O)[nH]3)CCOc3cccnc32)cc1F. The molecule has 29 heavy (non-hydrogen) atoms. The standard InChI is InChI=1S/C21H18FN3O4/c1-12-4-5-13(11-14(12)22)21(8-10-29-17-3-2-9-23-18(17)21)25-19(26)15-6-7-16(24-15)20(27)28/h2-7,9,11,24H,8,10H2,1H3,(H,25,26)(H,27,28)/t21-/m0/s1. The number of aromatic nitrogens is 2. The molecule has 3 aromatic rings. The largest absolute Gasteiger partial charge is 0.491 e. The normalized spacial score (nSPS) is 17.9. The Kier molecular flexibility index (Phi) is 4.54. The maximum atomic E-state index is 14.4. The van der Waals surface area contributed by atoms with E-state index in [2.05, 4.69) is 15.3 Å². The zero-order valence-electron chi connectivity index (χ0n) is 15.5. The third-order valence-corrected chi connectivity index (χ3v) is 5.06. The summed E-state index contributed by atoms with van der Waals surface area (Å²) in [7, 11) is 0. The van der Waals surface area contributed by atoms with E-state index in [9.17, 15) is 14.0 Å². The molecule has 1 aliphatic rings. The van der Waals surface area contributed by atoms with E-state index < -0.39 is 23.2 Å². The second-order valence-corrected chi connectivity index (χ2v) is 6.86. The topological polar surface area (TPSA) is 104 Å². The van der Waals surface area contributed by atoms with Gasteiger partial charge in [-0.25, -0.2) is 9.18 Å². The summed E-state index contributed by atoms with van der Waals surface area (Å²) in [5.41, 5.74) is 0.332. The number of hydrogen-bond donors (Lipinski definition) is 3. The number of fused-ring (bicyclic) bond motifs is 1. The van der Waals surface area contributed by atoms with Crippen LogP contribution in [0.2, 0.25) is 0 Å². The summed E-state index contributed by atoms with van der Waals surface area (Å²) in [4.78, 5) is 31.1. The summed E-state index contributed by atoms with van der Waals surface area (Å²) in [5.74, 6) is -1.60. The first-order valence-electron chi connectivity index (χ1n) is 9.00. The average Bonchev–Trinajstić information content (AvgIpc) is 3.21. The molecule has 0 spiro atoms. The van der Waals surface area contributed by atoms with Gasteiger partial charge in [-0.3, -0.25) is 9.78 Å². The number of ether oxygens (including phenoxy) is 1.